The number of ether oxygens (including phenoxy) is 1. The largest absolute Gasteiger partial charge is 0.479 e. The van der Waals surface area contributed by atoms with E-state index in [9.17, 15) is 38.5 Å². The lowest BCUT2D eigenvalue weighted by molar-refractivity contribution is -0.0540. The highest BCUT2D eigenvalue weighted by molar-refractivity contribution is 7.73. The van der Waals surface area contributed by atoms with E-state index in [2.05, 4.69) is 13.8 Å². The van der Waals surface area contributed by atoms with Gasteiger partial charge in [0.2, 0.25) is 0 Å². The molecule has 0 aliphatic carbocycles. The average Bonchev–Trinajstić information content (AvgIpc) is 2.78. The molecule has 1 aromatic rings. The average molecular weight is 481 g/mol. The van der Waals surface area contributed by atoms with Gasteiger partial charge in [-0.05, 0) is 6.07 Å². The minimum Gasteiger partial charge on any atom is -0.387 e. The number of aliphatic hydroxyl groups excluding tert-OH is 2. The molecule has 0 saturated carbocycles. The number of rotatable bonds is 8. The number of hydrogen-bond donors (Lipinski definition) is 7. The molecule has 0 spiro atoms. The van der Waals surface area contributed by atoms with Crippen LogP contribution in [-0.2, 0) is 27.3 Å². The Morgan fingerprint density at radius 2 is 1.79 bits per heavy atom. The molecule has 0 radical (unpaired) electrons. The van der Waals surface area contributed by atoms with Crippen LogP contribution in [0.15, 0.2) is 17.1 Å². The molecule has 1 aliphatic rings. The van der Waals surface area contributed by atoms with Crippen molar-refractivity contribution in [1.82, 2.24) is 9.55 Å². The quantitative estimate of drug-likeness (QED) is 0.196. The van der Waals surface area contributed by atoms with Gasteiger partial charge in [-0.3, -0.25) is 18.2 Å². The molecule has 166 valence electrons. The van der Waals surface area contributed by atoms with Crippen LogP contribution in [0.5, 0.6) is 0 Å². The molecule has 1 aromatic heterocycles. The van der Waals surface area contributed by atoms with Crippen molar-refractivity contribution in [3.63, 3.8) is 0 Å². The van der Waals surface area contributed by atoms with Crippen LogP contribution < -0.4 is 11.4 Å². The fourth-order valence-electron chi connectivity index (χ4n) is 2.33. The van der Waals surface area contributed by atoms with Crippen LogP contribution in [0.4, 0.5) is 5.82 Å². The number of anilines is 1. The van der Waals surface area contributed by atoms with E-state index < -0.39 is 65.8 Å². The highest BCUT2D eigenvalue weighted by Gasteiger charge is 2.46. The molecule has 8 N–H and O–H groups in total. The van der Waals surface area contributed by atoms with Crippen LogP contribution >= 0.6 is 23.0 Å². The van der Waals surface area contributed by atoms with Crippen molar-refractivity contribution >= 4 is 28.8 Å². The Hall–Kier alpha value is -0.990. The van der Waals surface area contributed by atoms with Crippen molar-refractivity contribution in [2.75, 3.05) is 18.2 Å². The van der Waals surface area contributed by atoms with E-state index in [0.29, 0.717) is 0 Å². The molecular formula is C10H18N3O13P3. The molecule has 16 nitrogen and oxygen atoms in total. The second kappa shape index (κ2) is 8.63. The normalized spacial score (nSPS) is 29.3. The smallest absolute Gasteiger partial charge is 0.387 e. The first-order chi connectivity index (χ1) is 13.1. The van der Waals surface area contributed by atoms with Crippen LogP contribution in [0.3, 0.4) is 0 Å². The van der Waals surface area contributed by atoms with E-state index in [1.807, 2.05) is 0 Å². The summed E-state index contributed by atoms with van der Waals surface area (Å²) in [6, 6.07) is 1.21. The zero-order valence-electron chi connectivity index (χ0n) is 14.2. The van der Waals surface area contributed by atoms with Crippen LogP contribution in [0.2, 0.25) is 0 Å². The topological polar surface area (TPSA) is 261 Å². The molecule has 2 rings (SSSR count). The Kier molecular flexibility index (Phi) is 7.23. The number of phosphoric acid groups is 1. The number of nitrogens with two attached hydrogens (primary N) is 1. The van der Waals surface area contributed by atoms with Gasteiger partial charge in [0.05, 0.1) is 6.61 Å². The third-order valence-corrected chi connectivity index (χ3v) is 8.68. The minimum absolute atomic E-state index is 0.110. The van der Waals surface area contributed by atoms with E-state index in [1.165, 1.54) is 6.07 Å². The zero-order valence-corrected chi connectivity index (χ0v) is 16.9. The molecule has 1 saturated heterocycles. The van der Waals surface area contributed by atoms with Gasteiger partial charge >= 0.3 is 28.7 Å². The molecule has 29 heavy (non-hydrogen) atoms. The van der Waals surface area contributed by atoms with Gasteiger partial charge in [0.15, 0.2) is 12.1 Å². The summed E-state index contributed by atoms with van der Waals surface area (Å²) in [6.07, 6.45) is -5.25. The fourth-order valence-corrected chi connectivity index (χ4v) is 6.67. The van der Waals surface area contributed by atoms with Crippen molar-refractivity contribution in [2.45, 2.75) is 24.5 Å². The van der Waals surface area contributed by atoms with Crippen molar-refractivity contribution in [2.24, 2.45) is 0 Å². The Morgan fingerprint density at radius 3 is 2.34 bits per heavy atom. The van der Waals surface area contributed by atoms with Crippen molar-refractivity contribution < 1.29 is 57.1 Å². The highest BCUT2D eigenvalue weighted by Crippen LogP contribution is 2.65. The van der Waals surface area contributed by atoms with Crippen molar-refractivity contribution in [3.8, 4) is 0 Å². The summed E-state index contributed by atoms with van der Waals surface area (Å²) in [7, 11) is -15.6. The Labute approximate surface area is 161 Å². The molecular weight excluding hydrogens is 463 g/mol. The number of nitrogen functional groups attached to an aromatic ring is 1. The maximum atomic E-state index is 11.8. The van der Waals surface area contributed by atoms with Gasteiger partial charge in [-0.2, -0.15) is 4.98 Å². The lowest BCUT2D eigenvalue weighted by Gasteiger charge is -2.19. The van der Waals surface area contributed by atoms with E-state index in [4.69, 9.17) is 20.3 Å². The number of aromatic nitrogens is 2. The van der Waals surface area contributed by atoms with Crippen LogP contribution in [-0.4, -0.2) is 70.2 Å². The summed E-state index contributed by atoms with van der Waals surface area (Å²) in [4.78, 5) is 51.3. The molecule has 0 aromatic carbocycles. The molecule has 1 fully saturated rings. The van der Waals surface area contributed by atoms with E-state index in [0.717, 1.165) is 10.8 Å². The standard InChI is InChI=1S/C10H18N3O13P3/c11-6-1-2-13(10(16)12-6)9-8(15)7(14)5(25-9)3-24-29(22,23)26-28(20,21)4-27(17,18)19/h1-2,5,7-9,14-15H,3-4H2,(H,20,21)(H,22,23)(H2,11,12,16)(H2,17,18,19)/t5-,7-,8+,9-/m1/s1. The van der Waals surface area contributed by atoms with Crippen LogP contribution in [0, 0.1) is 0 Å². The number of aliphatic hydroxyl groups is 2. The summed E-state index contributed by atoms with van der Waals surface area (Å²) in [5, 5.41) is 20.0. The third kappa shape index (κ3) is 6.76. The van der Waals surface area contributed by atoms with Gasteiger partial charge in [0, 0.05) is 6.20 Å². The van der Waals surface area contributed by atoms with Crippen molar-refractivity contribution in [3.05, 3.63) is 22.7 Å². The molecule has 6 atom stereocenters. The summed E-state index contributed by atoms with van der Waals surface area (Å²) in [5.41, 5.74) is 4.42. The molecule has 1 aliphatic heterocycles. The number of phosphoric ester groups is 1. The van der Waals surface area contributed by atoms with Crippen molar-refractivity contribution in [1.29, 1.82) is 0 Å². The summed E-state index contributed by atoms with van der Waals surface area (Å²) >= 11 is 0. The van der Waals surface area contributed by atoms with Gasteiger partial charge in [-0.1, -0.05) is 0 Å². The summed E-state index contributed by atoms with van der Waals surface area (Å²) < 4.78 is 48.3. The predicted octanol–water partition coefficient (Wildman–Crippen LogP) is -2.10. The first-order valence-corrected chi connectivity index (χ1v) is 12.6. The first-order valence-electron chi connectivity index (χ1n) is 7.51. The van der Waals surface area contributed by atoms with Gasteiger partial charge in [-0.15, -0.1) is 0 Å². The molecule has 2 unspecified atom stereocenters. The highest BCUT2D eigenvalue weighted by atomic mass is 31.3. The fraction of sp³-hybridized carbons (Fsp3) is 0.600. The van der Waals surface area contributed by atoms with E-state index >= 15 is 0 Å². The molecule has 2 heterocycles. The maximum absolute atomic E-state index is 11.8. The van der Waals surface area contributed by atoms with Crippen LogP contribution in [0.1, 0.15) is 6.23 Å². The second-order valence-corrected chi connectivity index (χ2v) is 11.5. The second-order valence-electron chi connectivity index (χ2n) is 5.88. The number of hydrogen-bond acceptors (Lipinski definition) is 11. The maximum Gasteiger partial charge on any atom is 0.479 e. The van der Waals surface area contributed by atoms with Gasteiger partial charge in [0.25, 0.3) is 0 Å². The van der Waals surface area contributed by atoms with E-state index in [1.54, 1.807) is 0 Å². The Morgan fingerprint density at radius 1 is 1.17 bits per heavy atom. The van der Waals surface area contributed by atoms with Gasteiger partial charge in [0.1, 0.15) is 24.1 Å². The van der Waals surface area contributed by atoms with Gasteiger partial charge < -0.3 is 40.3 Å². The monoisotopic (exact) mass is 481 g/mol. The third-order valence-electron chi connectivity index (χ3n) is 3.46. The minimum atomic E-state index is -5.33. The van der Waals surface area contributed by atoms with E-state index in [-0.39, 0.29) is 5.82 Å². The molecule has 0 amide bonds. The summed E-state index contributed by atoms with van der Waals surface area (Å²) in [6.45, 7) is -0.963. The zero-order chi connectivity index (χ0) is 22.2. The lowest BCUT2D eigenvalue weighted by Crippen LogP contribution is -2.36. The Bertz CT molecular complexity index is 946. The predicted molar refractivity (Wildman–Crippen MR) is 92.4 cm³/mol. The summed E-state index contributed by atoms with van der Waals surface area (Å²) in [5.74, 6) is -1.84. The number of nitrogens with zero attached hydrogens (tertiary/aromatic N) is 2. The van der Waals surface area contributed by atoms with Gasteiger partial charge in [-0.25, -0.2) is 13.7 Å². The van der Waals surface area contributed by atoms with Crippen LogP contribution in [0.25, 0.3) is 0 Å². The lowest BCUT2D eigenvalue weighted by atomic mass is 10.1. The molecule has 19 heteroatoms. The molecule has 0 bridgehead atoms. The Balaban J connectivity index is 2.05. The first kappa shape index (κ1) is 24.3. The SMILES string of the molecule is Nc1ccn([C@@H]2O[C@H](COP(=O)(O)OP(=O)(O)CP(=O)(O)O)[C@@H](O)[C@@H]2O)c(=O)n1.